The summed E-state index contributed by atoms with van der Waals surface area (Å²) < 4.78 is 16.3. The maximum atomic E-state index is 13.3. The number of methoxy groups -OCH3 is 1. The van der Waals surface area contributed by atoms with Crippen molar-refractivity contribution in [3.8, 4) is 17.2 Å². The van der Waals surface area contributed by atoms with Crippen molar-refractivity contribution in [2.45, 2.75) is 31.7 Å². The van der Waals surface area contributed by atoms with Crippen LogP contribution in [0.5, 0.6) is 17.2 Å². The van der Waals surface area contributed by atoms with Gasteiger partial charge in [0.05, 0.1) is 19.6 Å². The molecule has 2 aliphatic heterocycles. The highest BCUT2D eigenvalue weighted by Gasteiger charge is 2.48. The van der Waals surface area contributed by atoms with Gasteiger partial charge in [-0.1, -0.05) is 49.7 Å². The zero-order chi connectivity index (χ0) is 26.6. The number of carboxylic acids is 1. The molecule has 3 unspecified atom stereocenters. The highest BCUT2D eigenvalue weighted by atomic mass is 16.7. The fourth-order valence-corrected chi connectivity index (χ4v) is 5.58. The zero-order valence-electron chi connectivity index (χ0n) is 21.6. The summed E-state index contributed by atoms with van der Waals surface area (Å²) in [5.74, 6) is -0.281. The van der Waals surface area contributed by atoms with Crippen LogP contribution >= 0.6 is 0 Å². The van der Waals surface area contributed by atoms with Gasteiger partial charge in [-0.05, 0) is 53.4 Å². The third-order valence-corrected chi connectivity index (χ3v) is 7.32. The van der Waals surface area contributed by atoms with Crippen molar-refractivity contribution in [2.75, 3.05) is 32.3 Å². The molecule has 3 aromatic rings. The molecule has 1 fully saturated rings. The van der Waals surface area contributed by atoms with Crippen LogP contribution in [0.15, 0.2) is 66.7 Å². The lowest BCUT2D eigenvalue weighted by Crippen LogP contribution is -2.35. The third kappa shape index (κ3) is 5.17. The molecule has 2 aliphatic rings. The van der Waals surface area contributed by atoms with E-state index in [4.69, 9.17) is 14.2 Å². The number of aryl methyl sites for hydroxylation is 1. The lowest BCUT2D eigenvalue weighted by molar-refractivity contribution is -0.143. The highest BCUT2D eigenvalue weighted by molar-refractivity contribution is 5.93. The largest absolute Gasteiger partial charge is 0.497 e. The first-order chi connectivity index (χ1) is 18.5. The topological polar surface area (TPSA) is 97.3 Å². The number of anilines is 1. The number of hydrogen-bond acceptors (Lipinski definition) is 6. The van der Waals surface area contributed by atoms with Crippen molar-refractivity contribution in [3.05, 3.63) is 83.4 Å². The fraction of sp³-hybridized carbons (Fsp3) is 0.333. The predicted octanol–water partition coefficient (Wildman–Crippen LogP) is 4.86. The first-order valence-corrected chi connectivity index (χ1v) is 12.9. The summed E-state index contributed by atoms with van der Waals surface area (Å²) in [5.41, 5.74) is 3.54. The maximum Gasteiger partial charge on any atom is 0.309 e. The Morgan fingerprint density at radius 1 is 1.03 bits per heavy atom. The van der Waals surface area contributed by atoms with Gasteiger partial charge in [-0.15, -0.1) is 0 Å². The van der Waals surface area contributed by atoms with E-state index in [1.807, 2.05) is 71.6 Å². The van der Waals surface area contributed by atoms with E-state index < -0.39 is 17.9 Å². The number of aliphatic carboxylic acids is 1. The van der Waals surface area contributed by atoms with Crippen molar-refractivity contribution >= 4 is 17.6 Å². The van der Waals surface area contributed by atoms with Crippen molar-refractivity contribution < 1.29 is 28.9 Å². The number of amides is 1. The second kappa shape index (κ2) is 11.1. The number of nitrogens with zero attached hydrogens (tertiary/aromatic N) is 1. The van der Waals surface area contributed by atoms with Crippen LogP contribution in [-0.4, -0.2) is 48.9 Å². The number of hydrogen-bond donors (Lipinski definition) is 2. The maximum absolute atomic E-state index is 13.3. The number of carboxylic acid groups (broad SMARTS) is 1. The Morgan fingerprint density at radius 3 is 2.50 bits per heavy atom. The van der Waals surface area contributed by atoms with Gasteiger partial charge in [0.1, 0.15) is 5.75 Å². The summed E-state index contributed by atoms with van der Waals surface area (Å²) in [6.07, 6.45) is 1.83. The Kier molecular flexibility index (Phi) is 7.51. The van der Waals surface area contributed by atoms with Crippen LogP contribution in [0.25, 0.3) is 0 Å². The monoisotopic (exact) mass is 516 g/mol. The van der Waals surface area contributed by atoms with Crippen molar-refractivity contribution in [1.29, 1.82) is 0 Å². The van der Waals surface area contributed by atoms with E-state index in [1.165, 1.54) is 0 Å². The van der Waals surface area contributed by atoms with E-state index >= 15 is 0 Å². The summed E-state index contributed by atoms with van der Waals surface area (Å²) >= 11 is 0. The van der Waals surface area contributed by atoms with E-state index in [0.717, 1.165) is 35.2 Å². The minimum absolute atomic E-state index is 0.0575. The van der Waals surface area contributed by atoms with Crippen LogP contribution in [0.4, 0.5) is 5.69 Å². The molecule has 0 bridgehead atoms. The lowest BCUT2D eigenvalue weighted by atomic mass is 9.82. The van der Waals surface area contributed by atoms with Gasteiger partial charge in [0.15, 0.2) is 11.5 Å². The standard InChI is InChI=1S/C30H32N2O6/c1-3-6-19-7-4-5-8-24(19)31-27(33)17-32-16-23(21-11-14-25-26(15-21)38-18-37-25)28(30(34)35)29(32)20-9-12-22(36-2)13-10-20/h4-5,7-15,23,28-29H,3,6,16-18H2,1-2H3,(H,31,33)(H,34,35). The van der Waals surface area contributed by atoms with Crippen LogP contribution in [0.1, 0.15) is 42.0 Å². The molecule has 0 aliphatic carbocycles. The number of fused-ring (bicyclic) bond motifs is 1. The molecule has 2 heterocycles. The van der Waals surface area contributed by atoms with Crippen LogP contribution in [0.2, 0.25) is 0 Å². The van der Waals surface area contributed by atoms with Gasteiger partial charge in [-0.2, -0.15) is 0 Å². The molecule has 8 nitrogen and oxygen atoms in total. The van der Waals surface area contributed by atoms with Crippen molar-refractivity contribution in [1.82, 2.24) is 4.90 Å². The first-order valence-electron chi connectivity index (χ1n) is 12.9. The van der Waals surface area contributed by atoms with Gasteiger partial charge in [-0.3, -0.25) is 14.5 Å². The van der Waals surface area contributed by atoms with E-state index in [-0.39, 0.29) is 25.2 Å². The molecular formula is C30H32N2O6. The van der Waals surface area contributed by atoms with Crippen LogP contribution < -0.4 is 19.5 Å². The van der Waals surface area contributed by atoms with E-state index in [9.17, 15) is 14.7 Å². The minimum atomic E-state index is -0.912. The van der Waals surface area contributed by atoms with Crippen LogP contribution in [-0.2, 0) is 16.0 Å². The molecule has 0 aromatic heterocycles. The van der Waals surface area contributed by atoms with Gasteiger partial charge in [0, 0.05) is 24.2 Å². The van der Waals surface area contributed by atoms with Crippen molar-refractivity contribution in [2.24, 2.45) is 5.92 Å². The third-order valence-electron chi connectivity index (χ3n) is 7.32. The molecule has 0 spiro atoms. The second-order valence-corrected chi connectivity index (χ2v) is 9.69. The van der Waals surface area contributed by atoms with Crippen LogP contribution in [0, 0.1) is 5.92 Å². The molecule has 3 atom stereocenters. The summed E-state index contributed by atoms with van der Waals surface area (Å²) in [4.78, 5) is 28.0. The molecule has 0 saturated carbocycles. The molecule has 198 valence electrons. The number of nitrogens with one attached hydrogen (secondary N) is 1. The SMILES string of the molecule is CCCc1ccccc1NC(=O)CN1CC(c2ccc3c(c2)OCO3)C(C(=O)O)C1c1ccc(OC)cc1. The van der Waals surface area contributed by atoms with Gasteiger partial charge in [-0.25, -0.2) is 0 Å². The van der Waals surface area contributed by atoms with Crippen LogP contribution in [0.3, 0.4) is 0 Å². The average molecular weight is 517 g/mol. The second-order valence-electron chi connectivity index (χ2n) is 9.69. The van der Waals surface area contributed by atoms with Gasteiger partial charge >= 0.3 is 5.97 Å². The van der Waals surface area contributed by atoms with E-state index in [1.54, 1.807) is 7.11 Å². The molecule has 3 aromatic carbocycles. The predicted molar refractivity (Wildman–Crippen MR) is 143 cm³/mol. The number of benzene rings is 3. The van der Waals surface area contributed by atoms with Gasteiger partial charge < -0.3 is 24.6 Å². The fourth-order valence-electron chi connectivity index (χ4n) is 5.58. The normalized spacial score (nSPS) is 20.3. The smallest absolute Gasteiger partial charge is 0.309 e. The Bertz CT molecular complexity index is 1310. The molecule has 2 N–H and O–H groups in total. The summed E-state index contributed by atoms with van der Waals surface area (Å²) in [6, 6.07) is 20.3. The number of carbonyl (C=O) groups excluding carboxylic acids is 1. The quantitative estimate of drug-likeness (QED) is 0.419. The van der Waals surface area contributed by atoms with Gasteiger partial charge in [0.25, 0.3) is 0 Å². The van der Waals surface area contributed by atoms with E-state index in [0.29, 0.717) is 23.8 Å². The Hall–Kier alpha value is -4.04. The minimum Gasteiger partial charge on any atom is -0.497 e. The lowest BCUT2D eigenvalue weighted by Gasteiger charge is -2.27. The number of rotatable bonds is 9. The first kappa shape index (κ1) is 25.6. The Balaban J connectivity index is 1.46. The number of para-hydroxylation sites is 1. The molecule has 8 heteroatoms. The molecule has 5 rings (SSSR count). The molecule has 1 saturated heterocycles. The van der Waals surface area contributed by atoms with Crippen molar-refractivity contribution in [3.63, 3.8) is 0 Å². The van der Waals surface area contributed by atoms with E-state index in [2.05, 4.69) is 12.2 Å². The molecule has 0 radical (unpaired) electrons. The Morgan fingerprint density at radius 2 is 1.76 bits per heavy atom. The summed E-state index contributed by atoms with van der Waals surface area (Å²) in [6.45, 7) is 2.70. The number of carbonyl (C=O) groups is 2. The zero-order valence-corrected chi connectivity index (χ0v) is 21.6. The number of likely N-dealkylation sites (tertiary alicyclic amines) is 1. The molecular weight excluding hydrogens is 484 g/mol. The highest BCUT2D eigenvalue weighted by Crippen LogP contribution is 2.47. The van der Waals surface area contributed by atoms with Gasteiger partial charge in [0.2, 0.25) is 12.7 Å². The average Bonchev–Trinajstić information content (AvgIpc) is 3.54. The Labute approximate surface area is 222 Å². The summed E-state index contributed by atoms with van der Waals surface area (Å²) in [5, 5.41) is 13.5. The number of ether oxygens (including phenoxy) is 3. The molecule has 1 amide bonds. The summed E-state index contributed by atoms with van der Waals surface area (Å²) in [7, 11) is 1.59. The molecule has 38 heavy (non-hydrogen) atoms.